The van der Waals surface area contributed by atoms with Crippen molar-refractivity contribution in [3.8, 4) is 0 Å². The van der Waals surface area contributed by atoms with Crippen LogP contribution in [0, 0.1) is 6.92 Å². The van der Waals surface area contributed by atoms with Crippen molar-refractivity contribution in [3.63, 3.8) is 0 Å². The number of aromatic nitrogens is 2. The van der Waals surface area contributed by atoms with E-state index >= 15 is 0 Å². The lowest BCUT2D eigenvalue weighted by Crippen LogP contribution is -2.06. The van der Waals surface area contributed by atoms with Crippen molar-refractivity contribution in [1.82, 2.24) is 9.97 Å². The van der Waals surface area contributed by atoms with Crippen LogP contribution in [0.5, 0.6) is 0 Å². The van der Waals surface area contributed by atoms with Crippen molar-refractivity contribution >= 4 is 23.5 Å². The maximum atomic E-state index is 11.0. The van der Waals surface area contributed by atoms with E-state index in [2.05, 4.69) is 26.9 Å². The van der Waals surface area contributed by atoms with Crippen LogP contribution in [-0.4, -0.2) is 35.3 Å². The van der Waals surface area contributed by atoms with Crippen molar-refractivity contribution in [2.45, 2.75) is 31.7 Å². The highest BCUT2D eigenvalue weighted by Crippen LogP contribution is 2.24. The molecular weight excluding hydrogens is 250 g/mol. The first-order valence-electron chi connectivity index (χ1n) is 5.94. The molecule has 18 heavy (non-hydrogen) atoms. The molecule has 1 N–H and O–H groups in total. The fraction of sp³-hybridized carbons (Fsp3) is 0.583. The molecule has 5 nitrogen and oxygen atoms in total. The fourth-order valence-electron chi connectivity index (χ4n) is 1.33. The lowest BCUT2D eigenvalue weighted by atomic mass is 10.3. The first-order valence-corrected chi connectivity index (χ1v) is 6.92. The Hall–Kier alpha value is -1.30. The van der Waals surface area contributed by atoms with Gasteiger partial charge in [0.15, 0.2) is 0 Å². The predicted molar refractivity (Wildman–Crippen MR) is 72.9 cm³/mol. The van der Waals surface area contributed by atoms with Crippen LogP contribution >= 0.6 is 11.8 Å². The number of hydrogen-bond donors (Lipinski definition) is 1. The molecule has 1 rings (SSSR count). The fourth-order valence-corrected chi connectivity index (χ4v) is 2.23. The average molecular weight is 269 g/mol. The zero-order valence-electron chi connectivity index (χ0n) is 11.0. The number of nitrogens with zero attached hydrogens (tertiary/aromatic N) is 2. The molecule has 0 fully saturated rings. The second-order valence-electron chi connectivity index (χ2n) is 3.75. The molecule has 0 saturated carbocycles. The molecule has 0 aliphatic carbocycles. The van der Waals surface area contributed by atoms with Crippen LogP contribution in [0.4, 0.5) is 5.82 Å². The van der Waals surface area contributed by atoms with Crippen LogP contribution in [0.1, 0.15) is 25.3 Å². The Bertz CT molecular complexity index is 399. The summed E-state index contributed by atoms with van der Waals surface area (Å²) in [5, 5.41) is 4.17. The van der Waals surface area contributed by atoms with Crippen LogP contribution in [0.25, 0.3) is 0 Å². The number of hydrogen-bond acceptors (Lipinski definition) is 6. The van der Waals surface area contributed by atoms with Gasteiger partial charge in [-0.3, -0.25) is 4.79 Å². The number of nitrogens with one attached hydrogen (secondary N) is 1. The lowest BCUT2D eigenvalue weighted by Gasteiger charge is -2.10. The Kier molecular flexibility index (Phi) is 6.49. The molecule has 0 aliphatic heterocycles. The van der Waals surface area contributed by atoms with Gasteiger partial charge in [-0.05, 0) is 13.3 Å². The van der Waals surface area contributed by atoms with Crippen molar-refractivity contribution < 1.29 is 9.53 Å². The Balaban J connectivity index is 2.57. The molecule has 0 aromatic carbocycles. The zero-order chi connectivity index (χ0) is 13.4. The van der Waals surface area contributed by atoms with E-state index in [1.54, 1.807) is 18.1 Å². The van der Waals surface area contributed by atoms with Gasteiger partial charge in [0.1, 0.15) is 17.2 Å². The molecule has 1 aromatic rings. The Morgan fingerprint density at radius 1 is 1.50 bits per heavy atom. The number of thioether (sulfide) groups is 1. The number of carbonyl (C=O) groups is 1. The van der Waals surface area contributed by atoms with Crippen LogP contribution in [-0.2, 0) is 9.53 Å². The second-order valence-corrected chi connectivity index (χ2v) is 4.84. The van der Waals surface area contributed by atoms with E-state index in [1.165, 1.54) is 7.11 Å². The summed E-state index contributed by atoms with van der Waals surface area (Å²) in [7, 11) is 1.40. The van der Waals surface area contributed by atoms with Gasteiger partial charge in [-0.2, -0.15) is 0 Å². The van der Waals surface area contributed by atoms with E-state index in [4.69, 9.17) is 0 Å². The minimum Gasteiger partial charge on any atom is -0.469 e. The highest BCUT2D eigenvalue weighted by molar-refractivity contribution is 7.99. The standard InChI is InChI=1S/C12H19N3O2S/c1-4-6-13-11-9(2)12(15-8-14-11)18-7-5-10(16)17-3/h8H,4-7H2,1-3H3,(H,13,14,15). The van der Waals surface area contributed by atoms with Gasteiger partial charge in [-0.1, -0.05) is 6.92 Å². The maximum Gasteiger partial charge on any atom is 0.306 e. The molecule has 0 radical (unpaired) electrons. The average Bonchev–Trinajstić information content (AvgIpc) is 2.39. The van der Waals surface area contributed by atoms with Gasteiger partial charge in [0.2, 0.25) is 0 Å². The largest absolute Gasteiger partial charge is 0.469 e. The Morgan fingerprint density at radius 3 is 2.94 bits per heavy atom. The Morgan fingerprint density at radius 2 is 2.28 bits per heavy atom. The molecule has 0 spiro atoms. The summed E-state index contributed by atoms with van der Waals surface area (Å²) < 4.78 is 4.60. The molecule has 0 unspecified atom stereocenters. The maximum absolute atomic E-state index is 11.0. The summed E-state index contributed by atoms with van der Waals surface area (Å²) in [5.74, 6) is 1.34. The highest BCUT2D eigenvalue weighted by Gasteiger charge is 2.08. The molecular formula is C12H19N3O2S. The lowest BCUT2D eigenvalue weighted by molar-refractivity contribution is -0.140. The summed E-state index contributed by atoms with van der Waals surface area (Å²) >= 11 is 1.55. The van der Waals surface area contributed by atoms with Crippen LogP contribution < -0.4 is 5.32 Å². The first kappa shape index (κ1) is 14.8. The normalized spacial score (nSPS) is 10.2. The molecule has 1 heterocycles. The summed E-state index contributed by atoms with van der Waals surface area (Å²) in [5.41, 5.74) is 1.03. The third-order valence-corrected chi connectivity index (χ3v) is 3.45. The van der Waals surface area contributed by atoms with Gasteiger partial charge in [0.25, 0.3) is 0 Å². The summed E-state index contributed by atoms with van der Waals surface area (Å²) in [4.78, 5) is 19.5. The van der Waals surface area contributed by atoms with Crippen LogP contribution in [0.15, 0.2) is 11.4 Å². The Labute approximate surface area is 112 Å². The van der Waals surface area contributed by atoms with Crippen molar-refractivity contribution in [3.05, 3.63) is 11.9 Å². The summed E-state index contributed by atoms with van der Waals surface area (Å²) in [6.07, 6.45) is 2.99. The first-order chi connectivity index (χ1) is 8.69. The van der Waals surface area contributed by atoms with E-state index in [0.717, 1.165) is 29.4 Å². The molecule has 0 atom stereocenters. The minimum absolute atomic E-state index is 0.196. The van der Waals surface area contributed by atoms with E-state index in [-0.39, 0.29) is 5.97 Å². The number of rotatable bonds is 7. The number of esters is 1. The molecule has 0 amide bonds. The molecule has 0 aliphatic rings. The quantitative estimate of drug-likeness (QED) is 0.465. The van der Waals surface area contributed by atoms with E-state index in [9.17, 15) is 4.79 Å². The highest BCUT2D eigenvalue weighted by atomic mass is 32.2. The molecule has 6 heteroatoms. The SMILES string of the molecule is CCCNc1ncnc(SCCC(=O)OC)c1C. The van der Waals surface area contributed by atoms with Gasteiger partial charge in [0.05, 0.1) is 13.5 Å². The molecule has 1 aromatic heterocycles. The van der Waals surface area contributed by atoms with E-state index in [0.29, 0.717) is 12.2 Å². The summed E-state index contributed by atoms with van der Waals surface area (Å²) in [6.45, 7) is 4.98. The smallest absolute Gasteiger partial charge is 0.306 e. The number of ether oxygens (including phenoxy) is 1. The van der Waals surface area contributed by atoms with Gasteiger partial charge in [0, 0.05) is 17.9 Å². The van der Waals surface area contributed by atoms with Gasteiger partial charge in [-0.25, -0.2) is 9.97 Å². The summed E-state index contributed by atoms with van der Waals surface area (Å²) in [6, 6.07) is 0. The molecule has 0 saturated heterocycles. The topological polar surface area (TPSA) is 64.1 Å². The predicted octanol–water partition coefficient (Wildman–Crippen LogP) is 2.26. The van der Waals surface area contributed by atoms with E-state index < -0.39 is 0 Å². The van der Waals surface area contributed by atoms with Crippen molar-refractivity contribution in [2.24, 2.45) is 0 Å². The van der Waals surface area contributed by atoms with Crippen molar-refractivity contribution in [2.75, 3.05) is 24.7 Å². The van der Waals surface area contributed by atoms with Gasteiger partial charge in [-0.15, -0.1) is 11.8 Å². The van der Waals surface area contributed by atoms with Gasteiger partial charge < -0.3 is 10.1 Å². The van der Waals surface area contributed by atoms with E-state index in [1.807, 2.05) is 6.92 Å². The third-order valence-electron chi connectivity index (χ3n) is 2.35. The van der Waals surface area contributed by atoms with Gasteiger partial charge >= 0.3 is 5.97 Å². The minimum atomic E-state index is -0.196. The third kappa shape index (κ3) is 4.52. The molecule has 100 valence electrons. The van der Waals surface area contributed by atoms with Crippen LogP contribution in [0.3, 0.4) is 0 Å². The zero-order valence-corrected chi connectivity index (χ0v) is 11.8. The number of anilines is 1. The monoisotopic (exact) mass is 269 g/mol. The second kappa shape index (κ2) is 7.92. The van der Waals surface area contributed by atoms with Crippen molar-refractivity contribution in [1.29, 1.82) is 0 Å². The number of carbonyl (C=O) groups excluding carboxylic acids is 1. The number of methoxy groups -OCH3 is 1. The molecule has 0 bridgehead atoms. The van der Waals surface area contributed by atoms with Crippen LogP contribution in [0.2, 0.25) is 0 Å².